The molecule has 2 aromatic carbocycles. The minimum atomic E-state index is -0.343. The predicted octanol–water partition coefficient (Wildman–Crippen LogP) is 3.73. The smallest absolute Gasteiger partial charge is 0.232 e. The highest BCUT2D eigenvalue weighted by Gasteiger charge is 2.25. The fourth-order valence-electron chi connectivity index (χ4n) is 4.00. The third-order valence-electron chi connectivity index (χ3n) is 5.35. The maximum Gasteiger partial charge on any atom is 0.232 e. The van der Waals surface area contributed by atoms with Crippen molar-refractivity contribution in [1.29, 1.82) is 0 Å². The minimum absolute atomic E-state index is 0.0256. The van der Waals surface area contributed by atoms with Crippen molar-refractivity contribution in [3.05, 3.63) is 71.8 Å². The fraction of sp³-hybridized carbons (Fsp3) is 0.391. The summed E-state index contributed by atoms with van der Waals surface area (Å²) in [6.45, 7) is 2.67. The summed E-state index contributed by atoms with van der Waals surface area (Å²) in [4.78, 5) is 26.9. The Hall–Kier alpha value is -2.62. The second-order valence-corrected chi connectivity index (χ2v) is 7.20. The monoisotopic (exact) mass is 364 g/mol. The first-order chi connectivity index (χ1) is 13.2. The van der Waals surface area contributed by atoms with Crippen molar-refractivity contribution in [3.63, 3.8) is 0 Å². The Labute approximate surface area is 161 Å². The Morgan fingerprint density at radius 3 is 1.96 bits per heavy atom. The number of benzene rings is 2. The SMILES string of the molecule is CC(=O)N(CCNC(=O)C(c1ccccc1)c1ccccc1)C1CCCC1. The molecule has 2 aromatic rings. The van der Waals surface area contributed by atoms with Crippen LogP contribution in [-0.4, -0.2) is 35.8 Å². The number of nitrogens with one attached hydrogen (secondary N) is 1. The predicted molar refractivity (Wildman–Crippen MR) is 107 cm³/mol. The highest BCUT2D eigenvalue weighted by atomic mass is 16.2. The van der Waals surface area contributed by atoms with Gasteiger partial charge in [0, 0.05) is 26.1 Å². The van der Waals surface area contributed by atoms with Crippen molar-refractivity contribution in [2.45, 2.75) is 44.6 Å². The highest BCUT2D eigenvalue weighted by molar-refractivity contribution is 5.87. The van der Waals surface area contributed by atoms with Crippen LogP contribution < -0.4 is 5.32 Å². The zero-order valence-electron chi connectivity index (χ0n) is 15.9. The summed E-state index contributed by atoms with van der Waals surface area (Å²) in [7, 11) is 0. The van der Waals surface area contributed by atoms with E-state index in [4.69, 9.17) is 0 Å². The number of hydrogen-bond donors (Lipinski definition) is 1. The van der Waals surface area contributed by atoms with Crippen molar-refractivity contribution in [3.8, 4) is 0 Å². The molecular weight excluding hydrogens is 336 g/mol. The van der Waals surface area contributed by atoms with Gasteiger partial charge >= 0.3 is 0 Å². The van der Waals surface area contributed by atoms with Crippen LogP contribution in [0.15, 0.2) is 60.7 Å². The number of hydrogen-bond acceptors (Lipinski definition) is 2. The molecule has 0 heterocycles. The Morgan fingerprint density at radius 1 is 0.963 bits per heavy atom. The first-order valence-corrected chi connectivity index (χ1v) is 9.81. The largest absolute Gasteiger partial charge is 0.354 e. The lowest BCUT2D eigenvalue weighted by Gasteiger charge is -2.28. The van der Waals surface area contributed by atoms with Crippen LogP contribution in [-0.2, 0) is 9.59 Å². The van der Waals surface area contributed by atoms with Crippen LogP contribution in [0.5, 0.6) is 0 Å². The van der Waals surface area contributed by atoms with Gasteiger partial charge in [0.15, 0.2) is 0 Å². The average Bonchev–Trinajstić information content (AvgIpc) is 3.21. The summed E-state index contributed by atoms with van der Waals surface area (Å²) >= 11 is 0. The Kier molecular flexibility index (Phi) is 6.64. The zero-order valence-corrected chi connectivity index (χ0v) is 15.9. The molecule has 142 valence electrons. The van der Waals surface area contributed by atoms with E-state index in [1.54, 1.807) is 6.92 Å². The fourth-order valence-corrected chi connectivity index (χ4v) is 4.00. The quantitative estimate of drug-likeness (QED) is 0.814. The summed E-state index contributed by atoms with van der Waals surface area (Å²) in [6.07, 6.45) is 4.52. The summed E-state index contributed by atoms with van der Waals surface area (Å²) < 4.78 is 0. The average molecular weight is 364 g/mol. The van der Waals surface area contributed by atoms with Gasteiger partial charge in [0.25, 0.3) is 0 Å². The summed E-state index contributed by atoms with van der Waals surface area (Å²) in [6, 6.07) is 20.0. The Balaban J connectivity index is 1.67. The Morgan fingerprint density at radius 2 is 1.48 bits per heavy atom. The second-order valence-electron chi connectivity index (χ2n) is 7.20. The van der Waals surface area contributed by atoms with Crippen molar-refractivity contribution in [2.75, 3.05) is 13.1 Å². The van der Waals surface area contributed by atoms with Crippen LogP contribution in [0.25, 0.3) is 0 Å². The van der Waals surface area contributed by atoms with E-state index in [0.717, 1.165) is 24.0 Å². The molecule has 4 heteroatoms. The molecule has 0 aromatic heterocycles. The molecule has 0 unspecified atom stereocenters. The van der Waals surface area contributed by atoms with Crippen LogP contribution in [0, 0.1) is 0 Å². The van der Waals surface area contributed by atoms with Crippen molar-refractivity contribution in [2.24, 2.45) is 0 Å². The van der Waals surface area contributed by atoms with Crippen molar-refractivity contribution < 1.29 is 9.59 Å². The van der Waals surface area contributed by atoms with E-state index < -0.39 is 0 Å². The van der Waals surface area contributed by atoms with Gasteiger partial charge in [0.2, 0.25) is 11.8 Å². The number of carbonyl (C=O) groups is 2. The van der Waals surface area contributed by atoms with Crippen LogP contribution in [0.2, 0.25) is 0 Å². The lowest BCUT2D eigenvalue weighted by Crippen LogP contribution is -2.43. The molecule has 27 heavy (non-hydrogen) atoms. The van der Waals surface area contributed by atoms with E-state index in [9.17, 15) is 9.59 Å². The number of carbonyl (C=O) groups excluding carboxylic acids is 2. The van der Waals surface area contributed by atoms with Gasteiger partial charge < -0.3 is 10.2 Å². The molecule has 1 saturated carbocycles. The molecule has 0 spiro atoms. The maximum atomic E-state index is 13.0. The molecular formula is C23H28N2O2. The van der Waals surface area contributed by atoms with Gasteiger partial charge in [-0.05, 0) is 24.0 Å². The minimum Gasteiger partial charge on any atom is -0.354 e. The van der Waals surface area contributed by atoms with Crippen molar-refractivity contribution in [1.82, 2.24) is 10.2 Å². The molecule has 0 radical (unpaired) electrons. The first-order valence-electron chi connectivity index (χ1n) is 9.81. The summed E-state index contributed by atoms with van der Waals surface area (Å²) in [5.74, 6) is -0.272. The molecule has 3 rings (SSSR count). The molecule has 1 aliphatic carbocycles. The number of amides is 2. The van der Waals surface area contributed by atoms with Gasteiger partial charge in [-0.1, -0.05) is 73.5 Å². The van der Waals surface area contributed by atoms with E-state index in [0.29, 0.717) is 19.1 Å². The van der Waals surface area contributed by atoms with Gasteiger partial charge in [0.05, 0.1) is 5.92 Å². The second kappa shape index (κ2) is 9.36. The topological polar surface area (TPSA) is 49.4 Å². The van der Waals surface area contributed by atoms with Gasteiger partial charge in [0.1, 0.15) is 0 Å². The lowest BCUT2D eigenvalue weighted by atomic mass is 9.90. The van der Waals surface area contributed by atoms with Gasteiger partial charge in [-0.25, -0.2) is 0 Å². The third kappa shape index (κ3) is 4.97. The van der Waals surface area contributed by atoms with E-state index in [1.165, 1.54) is 12.8 Å². The molecule has 0 aliphatic heterocycles. The normalized spacial score (nSPS) is 14.3. The van der Waals surface area contributed by atoms with Crippen molar-refractivity contribution >= 4 is 11.8 Å². The molecule has 0 atom stereocenters. The van der Waals surface area contributed by atoms with E-state index in [-0.39, 0.29) is 17.7 Å². The van der Waals surface area contributed by atoms with Gasteiger partial charge in [-0.3, -0.25) is 9.59 Å². The van der Waals surface area contributed by atoms with Crippen LogP contribution in [0.4, 0.5) is 0 Å². The molecule has 0 bridgehead atoms. The third-order valence-corrected chi connectivity index (χ3v) is 5.35. The van der Waals surface area contributed by atoms with Crippen LogP contribution >= 0.6 is 0 Å². The molecule has 0 saturated heterocycles. The number of nitrogens with zero attached hydrogens (tertiary/aromatic N) is 1. The standard InChI is InChI=1S/C23H28N2O2/c1-18(26)25(21-14-8-9-15-21)17-16-24-23(27)22(19-10-4-2-5-11-19)20-12-6-3-7-13-20/h2-7,10-13,21-22H,8-9,14-17H2,1H3,(H,24,27). The first kappa shape index (κ1) is 19.2. The molecule has 1 fully saturated rings. The van der Waals surface area contributed by atoms with E-state index >= 15 is 0 Å². The van der Waals surface area contributed by atoms with E-state index in [1.807, 2.05) is 65.6 Å². The molecule has 4 nitrogen and oxygen atoms in total. The van der Waals surface area contributed by atoms with Crippen LogP contribution in [0.3, 0.4) is 0 Å². The number of rotatable bonds is 7. The zero-order chi connectivity index (χ0) is 19.1. The van der Waals surface area contributed by atoms with E-state index in [2.05, 4.69) is 5.32 Å². The van der Waals surface area contributed by atoms with Gasteiger partial charge in [-0.15, -0.1) is 0 Å². The molecule has 1 N–H and O–H groups in total. The maximum absolute atomic E-state index is 13.0. The Bertz CT molecular complexity index is 700. The highest BCUT2D eigenvalue weighted by Crippen LogP contribution is 2.25. The summed E-state index contributed by atoms with van der Waals surface area (Å²) in [5.41, 5.74) is 1.95. The molecule has 1 aliphatic rings. The summed E-state index contributed by atoms with van der Waals surface area (Å²) in [5, 5.41) is 3.06. The van der Waals surface area contributed by atoms with Crippen LogP contribution in [0.1, 0.15) is 49.7 Å². The lowest BCUT2D eigenvalue weighted by molar-refractivity contribution is -0.131. The van der Waals surface area contributed by atoms with Gasteiger partial charge in [-0.2, -0.15) is 0 Å². The molecule has 2 amide bonds.